The van der Waals surface area contributed by atoms with Crippen molar-refractivity contribution in [3.8, 4) is 0 Å². The Morgan fingerprint density at radius 3 is 2.09 bits per heavy atom. The Hall–Kier alpha value is -1.60. The summed E-state index contributed by atoms with van der Waals surface area (Å²) in [5, 5.41) is 0. The second-order valence-electron chi connectivity index (χ2n) is 7.15. The lowest BCUT2D eigenvalue weighted by molar-refractivity contribution is -0.587. The van der Waals surface area contributed by atoms with Crippen molar-refractivity contribution in [1.82, 2.24) is 0 Å². The van der Waals surface area contributed by atoms with Gasteiger partial charge in [-0.05, 0) is 32.6 Å². The van der Waals surface area contributed by atoms with Crippen molar-refractivity contribution >= 4 is 12.1 Å². The molecule has 0 saturated carbocycles. The van der Waals surface area contributed by atoms with Gasteiger partial charge in [0.15, 0.2) is 6.61 Å². The topological polar surface area (TPSA) is 80.3 Å². The molecule has 1 aliphatic rings. The Bertz CT molecular complexity index is 455. The van der Waals surface area contributed by atoms with Gasteiger partial charge in [-0.15, -0.1) is 4.89 Å². The van der Waals surface area contributed by atoms with Gasteiger partial charge < -0.3 is 14.2 Å². The molecule has 1 fully saturated rings. The third-order valence-electron chi connectivity index (χ3n) is 2.57. The normalized spacial score (nSPS) is 21.5. The van der Waals surface area contributed by atoms with Gasteiger partial charge in [-0.2, -0.15) is 0 Å². The van der Waals surface area contributed by atoms with Gasteiger partial charge in [0.25, 0.3) is 0 Å². The van der Waals surface area contributed by atoms with Crippen molar-refractivity contribution in [2.75, 3.05) is 6.61 Å². The smallest absolute Gasteiger partial charge is 0.428 e. The van der Waals surface area contributed by atoms with E-state index in [1.54, 1.807) is 13.8 Å². The Balaban J connectivity index is 2.62. The number of hydrogen-bond donors (Lipinski definition) is 0. The first kappa shape index (κ1) is 18.4. The highest BCUT2D eigenvalue weighted by atomic mass is 17.3. The van der Waals surface area contributed by atoms with Gasteiger partial charge in [-0.25, -0.2) is 14.5 Å². The average molecular weight is 316 g/mol. The Morgan fingerprint density at radius 2 is 1.73 bits per heavy atom. The lowest BCUT2D eigenvalue weighted by Gasteiger charge is -2.37. The molecule has 0 aromatic heterocycles. The molecule has 1 unspecified atom stereocenters. The van der Waals surface area contributed by atoms with Crippen molar-refractivity contribution in [3.05, 3.63) is 12.2 Å². The molecule has 0 spiro atoms. The van der Waals surface area contributed by atoms with E-state index in [9.17, 15) is 9.59 Å². The van der Waals surface area contributed by atoms with Gasteiger partial charge in [0, 0.05) is 5.57 Å². The van der Waals surface area contributed by atoms with E-state index in [2.05, 4.69) is 16.4 Å². The van der Waals surface area contributed by atoms with Crippen LogP contribution in [0.4, 0.5) is 4.79 Å². The number of esters is 1. The fourth-order valence-corrected chi connectivity index (χ4v) is 2.18. The zero-order valence-electron chi connectivity index (χ0n) is 14.0. The van der Waals surface area contributed by atoms with Crippen LogP contribution in [-0.4, -0.2) is 30.3 Å². The van der Waals surface area contributed by atoms with Crippen molar-refractivity contribution in [2.24, 2.45) is 5.41 Å². The lowest BCUT2D eigenvalue weighted by Crippen LogP contribution is -2.55. The highest BCUT2D eigenvalue weighted by molar-refractivity contribution is 5.87. The zero-order valence-corrected chi connectivity index (χ0v) is 14.0. The maximum Gasteiger partial charge on any atom is 0.514 e. The Morgan fingerprint density at radius 1 is 1.18 bits per heavy atom. The van der Waals surface area contributed by atoms with Gasteiger partial charge in [0.1, 0.15) is 5.60 Å². The van der Waals surface area contributed by atoms with E-state index in [-0.39, 0.29) is 17.6 Å². The standard InChI is InChI=1S/C15H24O7/c1-10(2)11(16)19-15(9-18-22-15)21-12(17)20-14(6,7)8-13(3,4)5/h1,8-9H2,2-7H3. The zero-order chi connectivity index (χ0) is 17.2. The Labute approximate surface area is 130 Å². The van der Waals surface area contributed by atoms with Crippen LogP contribution in [0.5, 0.6) is 0 Å². The molecule has 1 heterocycles. The molecule has 22 heavy (non-hydrogen) atoms. The third kappa shape index (κ3) is 5.65. The molecule has 0 aromatic rings. The highest BCUT2D eigenvalue weighted by Crippen LogP contribution is 2.32. The maximum absolute atomic E-state index is 11.9. The summed E-state index contributed by atoms with van der Waals surface area (Å²) < 4.78 is 15.1. The number of rotatable bonds is 5. The molecule has 0 radical (unpaired) electrons. The predicted octanol–water partition coefficient (Wildman–Crippen LogP) is 3.09. The predicted molar refractivity (Wildman–Crippen MR) is 76.4 cm³/mol. The molecule has 0 N–H and O–H groups in total. The van der Waals surface area contributed by atoms with Gasteiger partial charge in [0.2, 0.25) is 0 Å². The van der Waals surface area contributed by atoms with Gasteiger partial charge in [-0.1, -0.05) is 27.4 Å². The fourth-order valence-electron chi connectivity index (χ4n) is 2.18. The first-order valence-electron chi connectivity index (χ1n) is 6.96. The Kier molecular flexibility index (Phi) is 5.25. The van der Waals surface area contributed by atoms with Crippen molar-refractivity contribution in [1.29, 1.82) is 0 Å². The van der Waals surface area contributed by atoms with Crippen LogP contribution < -0.4 is 0 Å². The molecule has 1 rings (SSSR count). The van der Waals surface area contributed by atoms with Gasteiger partial charge >= 0.3 is 18.1 Å². The van der Waals surface area contributed by atoms with Gasteiger partial charge in [-0.3, -0.25) is 0 Å². The fraction of sp³-hybridized carbons (Fsp3) is 0.733. The van der Waals surface area contributed by atoms with Crippen LogP contribution >= 0.6 is 0 Å². The minimum absolute atomic E-state index is 0.0377. The monoisotopic (exact) mass is 316 g/mol. The van der Waals surface area contributed by atoms with E-state index < -0.39 is 23.7 Å². The number of hydrogen-bond acceptors (Lipinski definition) is 7. The second-order valence-corrected chi connectivity index (χ2v) is 7.15. The van der Waals surface area contributed by atoms with E-state index in [1.165, 1.54) is 6.92 Å². The maximum atomic E-state index is 11.9. The van der Waals surface area contributed by atoms with E-state index in [0.717, 1.165) is 0 Å². The third-order valence-corrected chi connectivity index (χ3v) is 2.57. The summed E-state index contributed by atoms with van der Waals surface area (Å²) in [6.45, 7) is 14.3. The molecule has 0 bridgehead atoms. The van der Waals surface area contributed by atoms with E-state index in [0.29, 0.717) is 6.42 Å². The molecule has 126 valence electrons. The summed E-state index contributed by atoms with van der Waals surface area (Å²) >= 11 is 0. The van der Waals surface area contributed by atoms with Crippen LogP contribution in [0, 0.1) is 5.41 Å². The van der Waals surface area contributed by atoms with Crippen molar-refractivity contribution in [2.45, 2.75) is 59.5 Å². The SMILES string of the molecule is C=C(C)C(=O)OC1(OC(=O)OC(C)(C)CC(C)(C)C)COO1. The quantitative estimate of drug-likeness (QED) is 0.334. The molecular weight excluding hydrogens is 292 g/mol. The summed E-state index contributed by atoms with van der Waals surface area (Å²) in [7, 11) is 0. The molecule has 0 aromatic carbocycles. The molecule has 1 aliphatic heterocycles. The molecule has 7 heteroatoms. The molecule has 0 aliphatic carbocycles. The van der Waals surface area contributed by atoms with Crippen LogP contribution in [0.1, 0.15) is 48.0 Å². The largest absolute Gasteiger partial charge is 0.514 e. The molecule has 1 atom stereocenters. The van der Waals surface area contributed by atoms with Crippen LogP contribution in [-0.2, 0) is 28.8 Å². The summed E-state index contributed by atoms with van der Waals surface area (Å²) in [4.78, 5) is 32.5. The summed E-state index contributed by atoms with van der Waals surface area (Å²) in [6.07, 6.45) is -0.391. The minimum atomic E-state index is -1.91. The van der Waals surface area contributed by atoms with Crippen molar-refractivity contribution < 1.29 is 33.6 Å². The average Bonchev–Trinajstić information content (AvgIpc) is 2.20. The molecule has 0 amide bonds. The molecule has 1 saturated heterocycles. The van der Waals surface area contributed by atoms with Crippen LogP contribution in [0.15, 0.2) is 12.2 Å². The number of ether oxygens (including phenoxy) is 3. The van der Waals surface area contributed by atoms with E-state index in [4.69, 9.17) is 14.2 Å². The highest BCUT2D eigenvalue weighted by Gasteiger charge is 2.52. The molecule has 7 nitrogen and oxygen atoms in total. The number of carbonyl (C=O) groups excluding carboxylic acids is 2. The van der Waals surface area contributed by atoms with Crippen molar-refractivity contribution in [3.63, 3.8) is 0 Å². The second kappa shape index (κ2) is 6.26. The van der Waals surface area contributed by atoms with Crippen LogP contribution in [0.2, 0.25) is 0 Å². The first-order valence-corrected chi connectivity index (χ1v) is 6.96. The molecular formula is C15H24O7. The van der Waals surface area contributed by atoms with E-state index >= 15 is 0 Å². The lowest BCUT2D eigenvalue weighted by atomic mass is 9.84. The van der Waals surface area contributed by atoms with Crippen LogP contribution in [0.3, 0.4) is 0 Å². The van der Waals surface area contributed by atoms with E-state index in [1.807, 2.05) is 20.8 Å². The minimum Gasteiger partial charge on any atom is -0.428 e. The number of carbonyl (C=O) groups is 2. The summed E-state index contributed by atoms with van der Waals surface area (Å²) in [6, 6.07) is 0. The van der Waals surface area contributed by atoms with Crippen LogP contribution in [0.25, 0.3) is 0 Å². The summed E-state index contributed by atoms with van der Waals surface area (Å²) in [5.41, 5.74) is -0.649. The first-order chi connectivity index (χ1) is 9.84. The summed E-state index contributed by atoms with van der Waals surface area (Å²) in [5.74, 6) is -2.67. The van der Waals surface area contributed by atoms with Gasteiger partial charge in [0.05, 0.1) is 0 Å².